The van der Waals surface area contributed by atoms with E-state index in [2.05, 4.69) is 18.0 Å². The number of benzene rings is 2. The van der Waals surface area contributed by atoms with Gasteiger partial charge in [-0.2, -0.15) is 0 Å². The van der Waals surface area contributed by atoms with Crippen LogP contribution < -0.4 is 5.14 Å². The lowest BCUT2D eigenvalue weighted by Crippen LogP contribution is -2.13. The third-order valence-electron chi connectivity index (χ3n) is 3.29. The molecule has 0 saturated heterocycles. The van der Waals surface area contributed by atoms with Gasteiger partial charge in [-0.15, -0.1) is 12.8 Å². The average molecular weight is 309 g/mol. The molecule has 4 heteroatoms. The zero-order valence-electron chi connectivity index (χ0n) is 12.7. The number of hydrogen-bond donors (Lipinski definition) is 2. The Morgan fingerprint density at radius 2 is 1.57 bits per heavy atom. The van der Waals surface area contributed by atoms with Gasteiger partial charge >= 0.3 is 0 Å². The van der Waals surface area contributed by atoms with Crippen molar-refractivity contribution in [1.29, 1.82) is 0 Å². The Morgan fingerprint density at radius 3 is 2.10 bits per heavy atom. The van der Waals surface area contributed by atoms with Crippen molar-refractivity contribution in [3.63, 3.8) is 0 Å². The van der Waals surface area contributed by atoms with Gasteiger partial charge in [0, 0.05) is 0 Å². The van der Waals surface area contributed by atoms with Crippen LogP contribution >= 0.6 is 12.8 Å². The summed E-state index contributed by atoms with van der Waals surface area (Å²) in [5.41, 5.74) is 2.82. The summed E-state index contributed by atoms with van der Waals surface area (Å²) in [5, 5.41) is 4.19. The maximum Gasteiger partial charge on any atom is 0.127 e. The molecule has 0 aliphatic rings. The van der Waals surface area contributed by atoms with Gasteiger partial charge in [0.25, 0.3) is 0 Å². The fourth-order valence-electron chi connectivity index (χ4n) is 2.20. The van der Waals surface area contributed by atoms with Crippen molar-refractivity contribution in [2.45, 2.75) is 33.1 Å². The van der Waals surface area contributed by atoms with Crippen LogP contribution in [0.25, 0.3) is 11.1 Å². The average Bonchev–Trinajstić information content (AvgIpc) is 2.42. The topological polar surface area (TPSA) is 26.0 Å². The van der Waals surface area contributed by atoms with E-state index in [0.717, 1.165) is 11.1 Å². The quantitative estimate of drug-likeness (QED) is 0.710. The maximum absolute atomic E-state index is 14.2. The van der Waals surface area contributed by atoms with Crippen LogP contribution in [0, 0.1) is 18.6 Å². The van der Waals surface area contributed by atoms with E-state index in [1.807, 2.05) is 33.8 Å². The highest BCUT2D eigenvalue weighted by molar-refractivity contribution is 7.77. The number of rotatable bonds is 1. The minimum atomic E-state index is -0.305. The van der Waals surface area contributed by atoms with Crippen molar-refractivity contribution in [2.75, 3.05) is 0 Å². The SMILES string of the molecule is Cc1ccc(F)cc1-c1ccc(C(C)(C)C)c(F)c1.NS. The molecule has 0 amide bonds. The first-order valence-electron chi connectivity index (χ1n) is 6.61. The molecular formula is C17H21F2NS. The fraction of sp³-hybridized carbons (Fsp3) is 0.294. The monoisotopic (exact) mass is 309 g/mol. The molecule has 0 aromatic heterocycles. The van der Waals surface area contributed by atoms with Crippen LogP contribution in [0.1, 0.15) is 31.9 Å². The van der Waals surface area contributed by atoms with Crippen LogP contribution in [0.15, 0.2) is 36.4 Å². The summed E-state index contributed by atoms with van der Waals surface area (Å²) >= 11 is 3.03. The van der Waals surface area contributed by atoms with Gasteiger partial charge in [-0.25, -0.2) is 8.78 Å². The maximum atomic E-state index is 14.2. The third-order valence-corrected chi connectivity index (χ3v) is 3.29. The van der Waals surface area contributed by atoms with Crippen LogP contribution in [0.2, 0.25) is 0 Å². The molecule has 0 radical (unpaired) electrons. The summed E-state index contributed by atoms with van der Waals surface area (Å²) in [7, 11) is 0. The second-order valence-electron chi connectivity index (χ2n) is 5.90. The molecule has 2 aromatic rings. The normalized spacial score (nSPS) is 10.9. The van der Waals surface area contributed by atoms with Crippen molar-refractivity contribution >= 4 is 12.8 Å². The van der Waals surface area contributed by atoms with Gasteiger partial charge in [0.05, 0.1) is 0 Å². The molecule has 114 valence electrons. The first-order valence-corrected chi connectivity index (χ1v) is 7.13. The van der Waals surface area contributed by atoms with Crippen LogP contribution in [0.4, 0.5) is 8.78 Å². The van der Waals surface area contributed by atoms with Crippen LogP contribution in [0.3, 0.4) is 0 Å². The van der Waals surface area contributed by atoms with Gasteiger partial charge in [0.15, 0.2) is 0 Å². The molecule has 0 atom stereocenters. The minimum Gasteiger partial charge on any atom is -0.281 e. The molecule has 2 aromatic carbocycles. The number of aryl methyl sites for hydroxylation is 1. The molecule has 1 nitrogen and oxygen atoms in total. The van der Waals surface area contributed by atoms with Gasteiger partial charge in [-0.3, -0.25) is 5.14 Å². The largest absolute Gasteiger partial charge is 0.281 e. The summed E-state index contributed by atoms with van der Waals surface area (Å²) < 4.78 is 27.5. The molecule has 0 spiro atoms. The molecule has 0 aliphatic carbocycles. The summed E-state index contributed by atoms with van der Waals surface area (Å²) in [6, 6.07) is 9.70. The molecule has 0 unspecified atom stereocenters. The highest BCUT2D eigenvalue weighted by atomic mass is 32.1. The zero-order valence-corrected chi connectivity index (χ0v) is 13.6. The van der Waals surface area contributed by atoms with Gasteiger partial charge in [-0.1, -0.05) is 39.0 Å². The lowest BCUT2D eigenvalue weighted by Gasteiger charge is -2.20. The standard InChI is InChI=1S/C17H18F2.H3NS/c1-11-5-7-13(18)10-14(11)12-6-8-15(16(19)9-12)17(2,3)4;1-2/h5-10H,1-4H3;2H,1H2. The van der Waals surface area contributed by atoms with Crippen molar-refractivity contribution in [3.05, 3.63) is 59.2 Å². The number of thiol groups is 1. The number of halogens is 2. The highest BCUT2D eigenvalue weighted by Crippen LogP contribution is 2.30. The Hall–Kier alpha value is -1.39. The van der Waals surface area contributed by atoms with E-state index in [0.29, 0.717) is 11.1 Å². The van der Waals surface area contributed by atoms with E-state index in [1.54, 1.807) is 12.1 Å². The van der Waals surface area contributed by atoms with Gasteiger partial charge in [0.1, 0.15) is 11.6 Å². The summed E-state index contributed by atoms with van der Waals surface area (Å²) in [6.45, 7) is 7.81. The fourth-order valence-corrected chi connectivity index (χ4v) is 2.20. The summed E-state index contributed by atoms with van der Waals surface area (Å²) in [6.07, 6.45) is 0. The second kappa shape index (κ2) is 7.05. The molecule has 2 rings (SSSR count). The van der Waals surface area contributed by atoms with Crippen molar-refractivity contribution in [2.24, 2.45) is 5.14 Å². The lowest BCUT2D eigenvalue weighted by molar-refractivity contribution is 0.523. The number of hydrogen-bond acceptors (Lipinski definition) is 2. The van der Waals surface area contributed by atoms with E-state index < -0.39 is 0 Å². The van der Waals surface area contributed by atoms with Gasteiger partial charge in [0.2, 0.25) is 0 Å². The highest BCUT2D eigenvalue weighted by Gasteiger charge is 2.18. The van der Waals surface area contributed by atoms with E-state index in [9.17, 15) is 8.78 Å². The van der Waals surface area contributed by atoms with E-state index >= 15 is 0 Å². The molecule has 0 heterocycles. The molecule has 2 N–H and O–H groups in total. The second-order valence-corrected chi connectivity index (χ2v) is 5.90. The molecule has 0 bridgehead atoms. The van der Waals surface area contributed by atoms with E-state index in [4.69, 9.17) is 0 Å². The smallest absolute Gasteiger partial charge is 0.127 e. The van der Waals surface area contributed by atoms with Gasteiger partial charge < -0.3 is 0 Å². The van der Waals surface area contributed by atoms with Crippen LogP contribution in [-0.2, 0) is 5.41 Å². The third kappa shape index (κ3) is 4.29. The first kappa shape index (κ1) is 17.7. The van der Waals surface area contributed by atoms with Crippen molar-refractivity contribution in [1.82, 2.24) is 0 Å². The number of nitrogens with two attached hydrogens (primary N) is 1. The van der Waals surface area contributed by atoms with Crippen LogP contribution in [-0.4, -0.2) is 0 Å². The zero-order chi connectivity index (χ0) is 16.2. The Bertz CT molecular complexity index is 619. The molecule has 21 heavy (non-hydrogen) atoms. The molecular weight excluding hydrogens is 288 g/mol. The molecule has 0 saturated carbocycles. The Labute approximate surface area is 130 Å². The summed E-state index contributed by atoms with van der Waals surface area (Å²) in [4.78, 5) is 0. The lowest BCUT2D eigenvalue weighted by atomic mass is 9.85. The Morgan fingerprint density at radius 1 is 0.952 bits per heavy atom. The molecule has 0 fully saturated rings. The summed E-state index contributed by atoms with van der Waals surface area (Å²) in [5.74, 6) is -0.547. The first-order chi connectivity index (χ1) is 9.79. The van der Waals surface area contributed by atoms with E-state index in [1.165, 1.54) is 18.2 Å². The van der Waals surface area contributed by atoms with Crippen molar-refractivity contribution in [3.8, 4) is 11.1 Å². The predicted octanol–water partition coefficient (Wildman–Crippen LogP) is 5.03. The minimum absolute atomic E-state index is 0.237. The predicted molar refractivity (Wildman–Crippen MR) is 88.4 cm³/mol. The Kier molecular flexibility index (Phi) is 5.93. The van der Waals surface area contributed by atoms with Crippen LogP contribution in [0.5, 0.6) is 0 Å². The van der Waals surface area contributed by atoms with Crippen molar-refractivity contribution < 1.29 is 8.78 Å². The molecule has 0 aliphatic heterocycles. The Balaban J connectivity index is 0.00000106. The van der Waals surface area contributed by atoms with E-state index in [-0.39, 0.29) is 17.0 Å². The van der Waals surface area contributed by atoms with Gasteiger partial charge in [-0.05, 0) is 52.8 Å².